The third kappa shape index (κ3) is 6.26. The van der Waals surface area contributed by atoms with Crippen LogP contribution in [-0.4, -0.2) is 22.3 Å². The maximum atomic E-state index is 10.4. The first kappa shape index (κ1) is 24.6. The molecular formula is C28H42N2O2. The van der Waals surface area contributed by atoms with E-state index in [-0.39, 0.29) is 10.8 Å². The van der Waals surface area contributed by atoms with Gasteiger partial charge in [0.15, 0.2) is 0 Å². The van der Waals surface area contributed by atoms with E-state index in [2.05, 4.69) is 64.3 Å². The predicted molar refractivity (Wildman–Crippen MR) is 133 cm³/mol. The van der Waals surface area contributed by atoms with Crippen molar-refractivity contribution in [2.24, 2.45) is 0 Å². The number of rotatable bonds is 6. The molecule has 2 aromatic rings. The topological polar surface area (TPSA) is 64.5 Å². The minimum absolute atomic E-state index is 0.0565. The summed E-state index contributed by atoms with van der Waals surface area (Å²) in [7, 11) is 0. The molecule has 2 atom stereocenters. The molecule has 32 heavy (non-hydrogen) atoms. The smallest absolute Gasteiger partial charge is 0.120 e. The van der Waals surface area contributed by atoms with Crippen molar-refractivity contribution in [3.05, 3.63) is 58.7 Å². The van der Waals surface area contributed by atoms with Crippen LogP contribution in [0.4, 0.5) is 0 Å². The van der Waals surface area contributed by atoms with Gasteiger partial charge in [0.1, 0.15) is 11.5 Å². The van der Waals surface area contributed by atoms with Crippen molar-refractivity contribution < 1.29 is 10.2 Å². The lowest BCUT2D eigenvalue weighted by Crippen LogP contribution is -2.49. The monoisotopic (exact) mass is 438 g/mol. The van der Waals surface area contributed by atoms with Crippen LogP contribution in [0.15, 0.2) is 36.4 Å². The summed E-state index contributed by atoms with van der Waals surface area (Å²) >= 11 is 0. The Morgan fingerprint density at radius 1 is 0.688 bits per heavy atom. The number of hydrogen-bond acceptors (Lipinski definition) is 4. The Kier molecular flexibility index (Phi) is 7.57. The minimum Gasteiger partial charge on any atom is -0.508 e. The zero-order chi connectivity index (χ0) is 23.5. The second kappa shape index (κ2) is 9.84. The van der Waals surface area contributed by atoms with Gasteiger partial charge in [-0.2, -0.15) is 0 Å². The van der Waals surface area contributed by atoms with Gasteiger partial charge in [0, 0.05) is 36.3 Å². The largest absolute Gasteiger partial charge is 0.508 e. The molecule has 2 unspecified atom stereocenters. The number of nitrogens with one attached hydrogen (secondary N) is 2. The molecule has 1 aliphatic rings. The molecule has 0 amide bonds. The van der Waals surface area contributed by atoms with Crippen LogP contribution in [0, 0.1) is 0 Å². The standard InChI is InChI=1S/C28H42N2O2/c1-27(2,3)21-11-13-25(31)19(15-21)17-29-23-9-7-8-10-24(23)30-18-20-16-22(28(4,5)6)12-14-26(20)32/h11-16,23-24,29-32H,7-10,17-18H2,1-6H3. The molecule has 0 bridgehead atoms. The SMILES string of the molecule is CC(C)(C)c1ccc(O)c(CNC2CCCCC2NCc2cc(C(C)(C)C)ccc2O)c1. The van der Waals surface area contributed by atoms with Crippen molar-refractivity contribution in [1.29, 1.82) is 0 Å². The Morgan fingerprint density at radius 2 is 1.06 bits per heavy atom. The van der Waals surface area contributed by atoms with Gasteiger partial charge < -0.3 is 20.8 Å². The Morgan fingerprint density at radius 3 is 1.41 bits per heavy atom. The fraction of sp³-hybridized carbons (Fsp3) is 0.571. The second-order valence-corrected chi connectivity index (χ2v) is 11.4. The van der Waals surface area contributed by atoms with Crippen LogP contribution >= 0.6 is 0 Å². The van der Waals surface area contributed by atoms with Crippen LogP contribution in [0.3, 0.4) is 0 Å². The van der Waals surface area contributed by atoms with Crippen molar-refractivity contribution in [2.45, 2.75) is 103 Å². The molecule has 0 heterocycles. The zero-order valence-electron chi connectivity index (χ0n) is 20.8. The third-order valence-electron chi connectivity index (χ3n) is 6.77. The van der Waals surface area contributed by atoms with Gasteiger partial charge in [-0.05, 0) is 46.9 Å². The van der Waals surface area contributed by atoms with E-state index in [9.17, 15) is 10.2 Å². The van der Waals surface area contributed by atoms with Gasteiger partial charge >= 0.3 is 0 Å². The van der Waals surface area contributed by atoms with E-state index in [1.54, 1.807) is 0 Å². The highest BCUT2D eigenvalue weighted by Crippen LogP contribution is 2.29. The van der Waals surface area contributed by atoms with E-state index in [0.29, 0.717) is 36.7 Å². The van der Waals surface area contributed by atoms with Crippen LogP contribution < -0.4 is 10.6 Å². The van der Waals surface area contributed by atoms with Gasteiger partial charge in [0.05, 0.1) is 0 Å². The summed E-state index contributed by atoms with van der Waals surface area (Å²) in [4.78, 5) is 0. The van der Waals surface area contributed by atoms with Crippen LogP contribution in [0.1, 0.15) is 89.5 Å². The maximum absolute atomic E-state index is 10.4. The molecule has 1 aliphatic carbocycles. The summed E-state index contributed by atoms with van der Waals surface area (Å²) in [5.74, 6) is 0.712. The number of hydrogen-bond donors (Lipinski definition) is 4. The fourth-order valence-corrected chi connectivity index (χ4v) is 4.49. The summed E-state index contributed by atoms with van der Waals surface area (Å²) < 4.78 is 0. The quantitative estimate of drug-likeness (QED) is 0.454. The van der Waals surface area contributed by atoms with Crippen molar-refractivity contribution in [2.75, 3.05) is 0 Å². The molecule has 1 fully saturated rings. The maximum Gasteiger partial charge on any atom is 0.120 e. The molecule has 176 valence electrons. The normalized spacial score (nSPS) is 19.8. The summed E-state index contributed by atoms with van der Waals surface area (Å²) in [5, 5.41) is 28.2. The molecule has 0 radical (unpaired) electrons. The predicted octanol–water partition coefficient (Wildman–Crippen LogP) is 5.88. The molecule has 4 nitrogen and oxygen atoms in total. The van der Waals surface area contributed by atoms with Crippen LogP contribution in [-0.2, 0) is 23.9 Å². The van der Waals surface area contributed by atoms with E-state index in [1.165, 1.54) is 24.0 Å². The fourth-order valence-electron chi connectivity index (χ4n) is 4.49. The Hall–Kier alpha value is -2.04. The summed E-state index contributed by atoms with van der Waals surface area (Å²) in [6.07, 6.45) is 4.67. The van der Waals surface area contributed by atoms with Crippen molar-refractivity contribution >= 4 is 0 Å². The highest BCUT2D eigenvalue weighted by atomic mass is 16.3. The summed E-state index contributed by atoms with van der Waals surface area (Å²) in [5.41, 5.74) is 4.50. The second-order valence-electron chi connectivity index (χ2n) is 11.4. The van der Waals surface area contributed by atoms with E-state index in [0.717, 1.165) is 24.0 Å². The number of phenolic OH excluding ortho intramolecular Hbond substituents is 2. The van der Waals surface area contributed by atoms with Gasteiger partial charge in [-0.15, -0.1) is 0 Å². The van der Waals surface area contributed by atoms with E-state index in [1.807, 2.05) is 24.3 Å². The lowest BCUT2D eigenvalue weighted by molar-refractivity contribution is 0.279. The Labute approximate surface area is 194 Å². The van der Waals surface area contributed by atoms with Crippen LogP contribution in [0.25, 0.3) is 0 Å². The first-order valence-electron chi connectivity index (χ1n) is 12.1. The van der Waals surface area contributed by atoms with Gasteiger partial charge in [-0.3, -0.25) is 0 Å². The lowest BCUT2D eigenvalue weighted by atomic mass is 9.85. The summed E-state index contributed by atoms with van der Waals surface area (Å²) in [6, 6.07) is 12.6. The molecule has 4 N–H and O–H groups in total. The number of aromatic hydroxyl groups is 2. The van der Waals surface area contributed by atoms with Gasteiger partial charge in [-0.25, -0.2) is 0 Å². The highest BCUT2D eigenvalue weighted by molar-refractivity contribution is 5.39. The van der Waals surface area contributed by atoms with Crippen molar-refractivity contribution in [3.8, 4) is 11.5 Å². The van der Waals surface area contributed by atoms with E-state index >= 15 is 0 Å². The molecule has 0 saturated heterocycles. The molecule has 0 aliphatic heterocycles. The number of benzene rings is 2. The highest BCUT2D eigenvalue weighted by Gasteiger charge is 2.25. The van der Waals surface area contributed by atoms with Crippen LogP contribution in [0.2, 0.25) is 0 Å². The van der Waals surface area contributed by atoms with E-state index in [4.69, 9.17) is 0 Å². The molecule has 4 heteroatoms. The van der Waals surface area contributed by atoms with Crippen molar-refractivity contribution in [1.82, 2.24) is 10.6 Å². The minimum atomic E-state index is 0.0565. The Balaban J connectivity index is 1.66. The molecule has 0 aromatic heterocycles. The van der Waals surface area contributed by atoms with Gasteiger partial charge in [0.2, 0.25) is 0 Å². The van der Waals surface area contributed by atoms with Crippen LogP contribution in [0.5, 0.6) is 11.5 Å². The van der Waals surface area contributed by atoms with Crippen molar-refractivity contribution in [3.63, 3.8) is 0 Å². The lowest BCUT2D eigenvalue weighted by Gasteiger charge is -2.33. The zero-order valence-corrected chi connectivity index (χ0v) is 20.8. The Bertz CT molecular complexity index is 833. The number of phenols is 2. The van der Waals surface area contributed by atoms with Gasteiger partial charge in [-0.1, -0.05) is 78.6 Å². The first-order chi connectivity index (χ1) is 14.9. The molecule has 1 saturated carbocycles. The van der Waals surface area contributed by atoms with E-state index < -0.39 is 0 Å². The average Bonchev–Trinajstić information content (AvgIpc) is 2.71. The first-order valence-corrected chi connectivity index (χ1v) is 12.1. The summed E-state index contributed by atoms with van der Waals surface area (Å²) in [6.45, 7) is 14.5. The molecule has 2 aromatic carbocycles. The van der Waals surface area contributed by atoms with Gasteiger partial charge in [0.25, 0.3) is 0 Å². The molecule has 0 spiro atoms. The molecular weight excluding hydrogens is 396 g/mol. The third-order valence-corrected chi connectivity index (χ3v) is 6.77. The molecule has 3 rings (SSSR count). The average molecular weight is 439 g/mol.